The summed E-state index contributed by atoms with van der Waals surface area (Å²) in [7, 11) is 0. The number of aromatic nitrogens is 2. The van der Waals surface area contributed by atoms with Gasteiger partial charge in [-0.2, -0.15) is 5.10 Å². The smallest absolute Gasteiger partial charge is 0.358 e. The highest BCUT2D eigenvalue weighted by molar-refractivity contribution is 5.89. The van der Waals surface area contributed by atoms with E-state index in [-0.39, 0.29) is 17.1 Å². The molecule has 16 heavy (non-hydrogen) atoms. The lowest BCUT2D eigenvalue weighted by molar-refractivity contribution is 0.0683. The number of carboxylic acid groups (broad SMARTS) is 1. The molecule has 0 fully saturated rings. The van der Waals surface area contributed by atoms with Crippen LogP contribution in [0.15, 0.2) is 30.5 Å². The van der Waals surface area contributed by atoms with E-state index in [4.69, 9.17) is 5.11 Å². The molecule has 0 aliphatic rings. The standard InChI is InChI=1S/C10H8N2O4/c13-7-4-2-1-3-6(7)12-9(10(15)16)8(14)5-11-12/h1-5,13-14H,(H,15,16). The second kappa shape index (κ2) is 3.58. The van der Waals surface area contributed by atoms with Gasteiger partial charge in [0.2, 0.25) is 0 Å². The summed E-state index contributed by atoms with van der Waals surface area (Å²) in [6.45, 7) is 0. The molecule has 0 bridgehead atoms. The molecule has 0 aliphatic heterocycles. The fourth-order valence-corrected chi connectivity index (χ4v) is 1.37. The molecule has 2 rings (SSSR count). The summed E-state index contributed by atoms with van der Waals surface area (Å²) in [5.41, 5.74) is -0.193. The van der Waals surface area contributed by atoms with Gasteiger partial charge in [-0.1, -0.05) is 12.1 Å². The molecule has 0 aliphatic carbocycles. The van der Waals surface area contributed by atoms with Crippen LogP contribution in [-0.4, -0.2) is 31.1 Å². The topological polar surface area (TPSA) is 95.6 Å². The van der Waals surface area contributed by atoms with Crippen LogP contribution in [0.25, 0.3) is 5.69 Å². The molecule has 0 saturated carbocycles. The molecule has 0 saturated heterocycles. The number of hydrogen-bond acceptors (Lipinski definition) is 4. The highest BCUT2D eigenvalue weighted by Crippen LogP contribution is 2.25. The molecule has 0 atom stereocenters. The van der Waals surface area contributed by atoms with Crippen LogP contribution in [0.1, 0.15) is 10.5 Å². The monoisotopic (exact) mass is 220 g/mol. The van der Waals surface area contributed by atoms with Crippen molar-refractivity contribution in [2.45, 2.75) is 0 Å². The third-order valence-electron chi connectivity index (χ3n) is 2.06. The van der Waals surface area contributed by atoms with Gasteiger partial charge in [-0.3, -0.25) is 0 Å². The number of carboxylic acids is 1. The molecule has 82 valence electrons. The zero-order valence-corrected chi connectivity index (χ0v) is 8.03. The van der Waals surface area contributed by atoms with Crippen LogP contribution in [-0.2, 0) is 0 Å². The molecular formula is C10H8N2O4. The maximum atomic E-state index is 10.9. The average Bonchev–Trinajstić information content (AvgIpc) is 2.61. The summed E-state index contributed by atoms with van der Waals surface area (Å²) in [5, 5.41) is 31.4. The fraction of sp³-hybridized carbons (Fsp3) is 0. The van der Waals surface area contributed by atoms with Gasteiger partial charge in [0, 0.05) is 0 Å². The summed E-state index contributed by atoms with van der Waals surface area (Å²) < 4.78 is 0.965. The quantitative estimate of drug-likeness (QED) is 0.701. The molecule has 1 aromatic heterocycles. The number of benzene rings is 1. The van der Waals surface area contributed by atoms with E-state index >= 15 is 0 Å². The van der Waals surface area contributed by atoms with Crippen LogP contribution in [0.3, 0.4) is 0 Å². The van der Waals surface area contributed by atoms with E-state index < -0.39 is 11.7 Å². The van der Waals surface area contributed by atoms with Gasteiger partial charge in [-0.15, -0.1) is 0 Å². The van der Waals surface area contributed by atoms with Gasteiger partial charge in [0.05, 0.1) is 6.20 Å². The second-order valence-electron chi connectivity index (χ2n) is 3.08. The van der Waals surface area contributed by atoms with Crippen molar-refractivity contribution in [1.29, 1.82) is 0 Å². The Morgan fingerprint density at radius 3 is 2.50 bits per heavy atom. The van der Waals surface area contributed by atoms with Crippen LogP contribution in [0.4, 0.5) is 0 Å². The van der Waals surface area contributed by atoms with Crippen LogP contribution in [0.2, 0.25) is 0 Å². The highest BCUT2D eigenvalue weighted by atomic mass is 16.4. The third kappa shape index (κ3) is 1.46. The van der Waals surface area contributed by atoms with Crippen molar-refractivity contribution in [2.24, 2.45) is 0 Å². The number of hydrogen-bond donors (Lipinski definition) is 3. The molecule has 0 spiro atoms. The lowest BCUT2D eigenvalue weighted by Gasteiger charge is -2.05. The fourth-order valence-electron chi connectivity index (χ4n) is 1.37. The van der Waals surface area contributed by atoms with Crippen molar-refractivity contribution in [3.63, 3.8) is 0 Å². The van der Waals surface area contributed by atoms with Gasteiger partial charge in [0.25, 0.3) is 0 Å². The van der Waals surface area contributed by atoms with Gasteiger partial charge >= 0.3 is 5.97 Å². The number of aromatic carboxylic acids is 1. The Morgan fingerprint density at radius 1 is 1.19 bits per heavy atom. The van der Waals surface area contributed by atoms with Gasteiger partial charge < -0.3 is 15.3 Å². The Bertz CT molecular complexity index is 548. The lowest BCUT2D eigenvalue weighted by atomic mass is 10.3. The van der Waals surface area contributed by atoms with E-state index in [0.29, 0.717) is 0 Å². The van der Waals surface area contributed by atoms with Crippen LogP contribution >= 0.6 is 0 Å². The summed E-state index contributed by atoms with van der Waals surface area (Å²) in [4.78, 5) is 10.9. The maximum Gasteiger partial charge on any atom is 0.358 e. The van der Waals surface area contributed by atoms with E-state index in [0.717, 1.165) is 10.9 Å². The first-order valence-electron chi connectivity index (χ1n) is 4.40. The predicted octanol–water partition coefficient (Wildman–Crippen LogP) is 0.982. The predicted molar refractivity (Wildman–Crippen MR) is 53.9 cm³/mol. The van der Waals surface area contributed by atoms with Crippen molar-refractivity contribution in [2.75, 3.05) is 0 Å². The molecule has 1 heterocycles. The number of phenolic OH excluding ortho intramolecular Hbond substituents is 1. The first-order valence-corrected chi connectivity index (χ1v) is 4.40. The van der Waals surface area contributed by atoms with Gasteiger partial charge in [0.1, 0.15) is 11.4 Å². The lowest BCUT2D eigenvalue weighted by Crippen LogP contribution is -2.08. The molecule has 0 radical (unpaired) electrons. The van der Waals surface area contributed by atoms with E-state index in [1.807, 2.05) is 0 Å². The molecule has 6 heteroatoms. The van der Waals surface area contributed by atoms with Crippen LogP contribution in [0, 0.1) is 0 Å². The molecule has 2 aromatic rings. The first-order chi connectivity index (χ1) is 7.61. The van der Waals surface area contributed by atoms with Crippen molar-refractivity contribution in [3.05, 3.63) is 36.2 Å². The largest absolute Gasteiger partial charge is 0.506 e. The first kappa shape index (κ1) is 10.0. The zero-order valence-electron chi connectivity index (χ0n) is 8.03. The number of rotatable bonds is 2. The molecular weight excluding hydrogens is 212 g/mol. The summed E-state index contributed by atoms with van der Waals surface area (Å²) in [6.07, 6.45) is 1.01. The summed E-state index contributed by atoms with van der Waals surface area (Å²) in [6, 6.07) is 6.12. The summed E-state index contributed by atoms with van der Waals surface area (Å²) >= 11 is 0. The number of nitrogens with zero attached hydrogens (tertiary/aromatic N) is 2. The number of para-hydroxylation sites is 2. The summed E-state index contributed by atoms with van der Waals surface area (Å²) in [5.74, 6) is -1.89. The Kier molecular flexibility index (Phi) is 2.24. The Labute approximate surface area is 90.0 Å². The third-order valence-corrected chi connectivity index (χ3v) is 2.06. The van der Waals surface area contributed by atoms with E-state index in [1.165, 1.54) is 12.1 Å². The Morgan fingerprint density at radius 2 is 1.88 bits per heavy atom. The van der Waals surface area contributed by atoms with E-state index in [1.54, 1.807) is 12.1 Å². The zero-order chi connectivity index (χ0) is 11.7. The van der Waals surface area contributed by atoms with Crippen molar-refractivity contribution in [1.82, 2.24) is 9.78 Å². The van der Waals surface area contributed by atoms with Crippen LogP contribution < -0.4 is 0 Å². The number of carbonyl (C=O) groups is 1. The Balaban J connectivity index is 2.66. The van der Waals surface area contributed by atoms with Gasteiger partial charge in [0.15, 0.2) is 11.4 Å². The minimum absolute atomic E-state index is 0.117. The highest BCUT2D eigenvalue weighted by Gasteiger charge is 2.19. The number of aromatic hydroxyl groups is 2. The second-order valence-corrected chi connectivity index (χ2v) is 3.08. The van der Waals surface area contributed by atoms with Crippen LogP contribution in [0.5, 0.6) is 11.5 Å². The number of phenols is 1. The minimum Gasteiger partial charge on any atom is -0.506 e. The van der Waals surface area contributed by atoms with Crippen molar-refractivity contribution < 1.29 is 20.1 Å². The van der Waals surface area contributed by atoms with Gasteiger partial charge in [-0.05, 0) is 12.1 Å². The van der Waals surface area contributed by atoms with E-state index in [9.17, 15) is 15.0 Å². The molecule has 3 N–H and O–H groups in total. The van der Waals surface area contributed by atoms with E-state index in [2.05, 4.69) is 5.10 Å². The molecule has 1 aromatic carbocycles. The van der Waals surface area contributed by atoms with Crippen molar-refractivity contribution >= 4 is 5.97 Å². The average molecular weight is 220 g/mol. The van der Waals surface area contributed by atoms with Crippen molar-refractivity contribution in [3.8, 4) is 17.2 Å². The molecule has 0 unspecified atom stereocenters. The van der Waals surface area contributed by atoms with Gasteiger partial charge in [-0.25, -0.2) is 9.48 Å². The SMILES string of the molecule is O=C(O)c1c(O)cnn1-c1ccccc1O. The molecule has 0 amide bonds. The minimum atomic E-state index is -1.32. The normalized spacial score (nSPS) is 10.2. The Hall–Kier alpha value is -2.50. The maximum absolute atomic E-state index is 10.9. The molecule has 6 nitrogen and oxygen atoms in total.